The summed E-state index contributed by atoms with van der Waals surface area (Å²) in [6, 6.07) is 23.6. The molecule has 0 radical (unpaired) electrons. The fourth-order valence-corrected chi connectivity index (χ4v) is 3.83. The highest BCUT2D eigenvalue weighted by molar-refractivity contribution is 5.95. The zero-order chi connectivity index (χ0) is 22.7. The predicted octanol–water partition coefficient (Wildman–Crippen LogP) is 3.73. The molecule has 0 unspecified atom stereocenters. The second-order valence-corrected chi connectivity index (χ2v) is 7.29. The number of ether oxygens (including phenoxy) is 1. The molecular formula is C26H22N2O4. The fourth-order valence-electron chi connectivity index (χ4n) is 3.83. The molecule has 1 aromatic heterocycles. The van der Waals surface area contributed by atoms with Crippen LogP contribution in [0.25, 0.3) is 16.6 Å². The minimum Gasteiger partial charge on any atom is -0.464 e. The van der Waals surface area contributed by atoms with Gasteiger partial charge in [-0.15, -0.1) is 0 Å². The lowest BCUT2D eigenvalue weighted by Gasteiger charge is -2.19. The van der Waals surface area contributed by atoms with Crippen LogP contribution in [0.4, 0.5) is 0 Å². The number of fused-ring (bicyclic) bond motifs is 1. The summed E-state index contributed by atoms with van der Waals surface area (Å²) in [6.07, 6.45) is 0.217. The first-order valence-corrected chi connectivity index (χ1v) is 10.2. The summed E-state index contributed by atoms with van der Waals surface area (Å²) in [5, 5.41) is 3.10. The standard InChI is InChI=1S/C26H22N2O4/c1-27-25(30)18-14-12-17(13-15-18)16-21-23(26(31)32-2)28(19-8-4-3-5-9-19)22-11-7-6-10-20(22)24(21)29/h3-15H,16H2,1-2H3,(H,27,30). The van der Waals surface area contributed by atoms with Crippen molar-refractivity contribution >= 4 is 22.8 Å². The highest BCUT2D eigenvalue weighted by Gasteiger charge is 2.24. The molecule has 0 saturated carbocycles. The van der Waals surface area contributed by atoms with Crippen molar-refractivity contribution in [1.29, 1.82) is 0 Å². The summed E-state index contributed by atoms with van der Waals surface area (Å²) in [4.78, 5) is 38.3. The molecule has 0 aliphatic carbocycles. The molecule has 3 aromatic carbocycles. The van der Waals surface area contributed by atoms with Crippen LogP contribution in [0.5, 0.6) is 0 Å². The first kappa shape index (κ1) is 21.1. The molecule has 160 valence electrons. The lowest BCUT2D eigenvalue weighted by Crippen LogP contribution is -2.24. The summed E-state index contributed by atoms with van der Waals surface area (Å²) in [6.45, 7) is 0. The Labute approximate surface area is 185 Å². The van der Waals surface area contributed by atoms with Crippen LogP contribution < -0.4 is 10.7 Å². The van der Waals surface area contributed by atoms with Gasteiger partial charge in [0.1, 0.15) is 5.69 Å². The number of methoxy groups -OCH3 is 1. The van der Waals surface area contributed by atoms with Crippen molar-refractivity contribution in [2.24, 2.45) is 0 Å². The van der Waals surface area contributed by atoms with E-state index in [2.05, 4.69) is 5.32 Å². The second kappa shape index (κ2) is 8.89. The number of nitrogens with zero attached hydrogens (tertiary/aromatic N) is 1. The molecule has 6 nitrogen and oxygen atoms in total. The maximum atomic E-state index is 13.5. The highest BCUT2D eigenvalue weighted by atomic mass is 16.5. The van der Waals surface area contributed by atoms with Gasteiger partial charge in [0, 0.05) is 35.7 Å². The Bertz CT molecular complexity index is 1360. The zero-order valence-corrected chi connectivity index (χ0v) is 17.8. The van der Waals surface area contributed by atoms with E-state index in [0.29, 0.717) is 22.0 Å². The lowest BCUT2D eigenvalue weighted by molar-refractivity contribution is 0.0590. The summed E-state index contributed by atoms with van der Waals surface area (Å²) in [5.41, 5.74) is 3.01. The number of nitrogens with one attached hydrogen (secondary N) is 1. The van der Waals surface area contributed by atoms with Crippen molar-refractivity contribution in [2.45, 2.75) is 6.42 Å². The van der Waals surface area contributed by atoms with Crippen molar-refractivity contribution in [3.05, 3.63) is 111 Å². The molecule has 1 heterocycles. The van der Waals surface area contributed by atoms with E-state index in [1.807, 2.05) is 42.5 Å². The number of amides is 1. The van der Waals surface area contributed by atoms with E-state index < -0.39 is 5.97 Å². The van der Waals surface area contributed by atoms with Gasteiger partial charge in [0.05, 0.1) is 12.6 Å². The van der Waals surface area contributed by atoms with Crippen LogP contribution in [-0.2, 0) is 11.2 Å². The van der Waals surface area contributed by atoms with Gasteiger partial charge in [0.25, 0.3) is 5.91 Å². The summed E-state index contributed by atoms with van der Waals surface area (Å²) in [5.74, 6) is -0.780. The Morgan fingerprint density at radius 2 is 1.56 bits per heavy atom. The molecule has 0 atom stereocenters. The highest BCUT2D eigenvalue weighted by Crippen LogP contribution is 2.24. The average Bonchev–Trinajstić information content (AvgIpc) is 2.85. The third-order valence-corrected chi connectivity index (χ3v) is 5.39. The molecule has 0 aliphatic rings. The van der Waals surface area contributed by atoms with Crippen molar-refractivity contribution in [2.75, 3.05) is 14.2 Å². The van der Waals surface area contributed by atoms with Gasteiger partial charge in [-0.25, -0.2) is 4.79 Å². The smallest absolute Gasteiger partial charge is 0.355 e. The largest absolute Gasteiger partial charge is 0.464 e. The number of hydrogen-bond donors (Lipinski definition) is 1. The molecule has 0 bridgehead atoms. The number of pyridine rings is 1. The Morgan fingerprint density at radius 3 is 2.22 bits per heavy atom. The number of carbonyl (C=O) groups is 2. The van der Waals surface area contributed by atoms with Gasteiger partial charge in [-0.3, -0.25) is 9.59 Å². The molecule has 0 fully saturated rings. The van der Waals surface area contributed by atoms with E-state index in [1.54, 1.807) is 48.0 Å². The summed E-state index contributed by atoms with van der Waals surface area (Å²) < 4.78 is 6.87. The van der Waals surface area contributed by atoms with Crippen LogP contribution in [0.2, 0.25) is 0 Å². The van der Waals surface area contributed by atoms with Crippen LogP contribution in [0.3, 0.4) is 0 Å². The first-order chi connectivity index (χ1) is 15.5. The average molecular weight is 426 g/mol. The molecule has 6 heteroatoms. The molecule has 32 heavy (non-hydrogen) atoms. The molecule has 4 aromatic rings. The van der Waals surface area contributed by atoms with Gasteiger partial charge in [-0.05, 0) is 42.0 Å². The SMILES string of the molecule is CNC(=O)c1ccc(Cc2c(C(=O)OC)n(-c3ccccc3)c3ccccc3c2=O)cc1. The van der Waals surface area contributed by atoms with Gasteiger partial charge in [0.2, 0.25) is 0 Å². The Morgan fingerprint density at radius 1 is 0.906 bits per heavy atom. The van der Waals surface area contributed by atoms with Crippen LogP contribution in [0, 0.1) is 0 Å². The number of carbonyl (C=O) groups excluding carboxylic acids is 2. The molecule has 0 aliphatic heterocycles. The number of para-hydroxylation sites is 2. The van der Waals surface area contributed by atoms with Crippen molar-refractivity contribution in [1.82, 2.24) is 9.88 Å². The maximum absolute atomic E-state index is 13.5. The van der Waals surface area contributed by atoms with Crippen LogP contribution in [-0.4, -0.2) is 30.6 Å². The minimum atomic E-state index is -0.589. The number of benzene rings is 3. The lowest BCUT2D eigenvalue weighted by atomic mass is 9.98. The zero-order valence-electron chi connectivity index (χ0n) is 17.8. The van der Waals surface area contributed by atoms with Crippen molar-refractivity contribution in [3.8, 4) is 5.69 Å². The van der Waals surface area contributed by atoms with Gasteiger partial charge in [-0.1, -0.05) is 42.5 Å². The molecule has 0 saturated heterocycles. The van der Waals surface area contributed by atoms with Crippen molar-refractivity contribution < 1.29 is 14.3 Å². The quantitative estimate of drug-likeness (QED) is 0.494. The third-order valence-electron chi connectivity index (χ3n) is 5.39. The maximum Gasteiger partial charge on any atom is 0.355 e. The number of esters is 1. The normalized spacial score (nSPS) is 10.7. The molecule has 1 amide bonds. The Kier molecular flexibility index (Phi) is 5.85. The van der Waals surface area contributed by atoms with Crippen molar-refractivity contribution in [3.63, 3.8) is 0 Å². The second-order valence-electron chi connectivity index (χ2n) is 7.29. The molecule has 1 N–H and O–H groups in total. The monoisotopic (exact) mass is 426 g/mol. The first-order valence-electron chi connectivity index (χ1n) is 10.2. The predicted molar refractivity (Wildman–Crippen MR) is 124 cm³/mol. The fraction of sp³-hybridized carbons (Fsp3) is 0.115. The van der Waals surface area contributed by atoms with Gasteiger partial charge >= 0.3 is 5.97 Å². The van der Waals surface area contributed by atoms with Gasteiger partial charge in [-0.2, -0.15) is 0 Å². The van der Waals surface area contributed by atoms with E-state index in [0.717, 1.165) is 11.3 Å². The summed E-state index contributed by atoms with van der Waals surface area (Å²) >= 11 is 0. The van der Waals surface area contributed by atoms with E-state index in [-0.39, 0.29) is 23.5 Å². The van der Waals surface area contributed by atoms with E-state index >= 15 is 0 Å². The van der Waals surface area contributed by atoms with E-state index in [9.17, 15) is 14.4 Å². The summed E-state index contributed by atoms with van der Waals surface area (Å²) in [7, 11) is 2.87. The molecule has 0 spiro atoms. The van der Waals surface area contributed by atoms with Gasteiger partial charge < -0.3 is 14.6 Å². The topological polar surface area (TPSA) is 77.4 Å². The molecule has 4 rings (SSSR count). The van der Waals surface area contributed by atoms with Gasteiger partial charge in [0.15, 0.2) is 5.43 Å². The molecular weight excluding hydrogens is 404 g/mol. The number of hydrogen-bond acceptors (Lipinski definition) is 4. The third kappa shape index (κ3) is 3.78. The Balaban J connectivity index is 1.98. The minimum absolute atomic E-state index is 0.191. The number of rotatable bonds is 5. The number of aromatic nitrogens is 1. The van der Waals surface area contributed by atoms with E-state index in [1.165, 1.54) is 7.11 Å². The van der Waals surface area contributed by atoms with Crippen LogP contribution >= 0.6 is 0 Å². The Hall–Kier alpha value is -4.19. The van der Waals surface area contributed by atoms with Crippen LogP contribution in [0.1, 0.15) is 32.0 Å². The van der Waals surface area contributed by atoms with Crippen LogP contribution in [0.15, 0.2) is 83.7 Å². The van der Waals surface area contributed by atoms with E-state index in [4.69, 9.17) is 4.74 Å².